The number of hydrogen-bond acceptors (Lipinski definition) is 3. The highest BCUT2D eigenvalue weighted by Gasteiger charge is 2.30. The van der Waals surface area contributed by atoms with Crippen molar-refractivity contribution < 1.29 is 14.3 Å². The maximum atomic E-state index is 12.8. The Hall–Kier alpha value is -1.71. The fraction of sp³-hybridized carbons (Fsp3) is 0.588. The zero-order valence-corrected chi connectivity index (χ0v) is 13.4. The van der Waals surface area contributed by atoms with Gasteiger partial charge in [-0.15, -0.1) is 0 Å². The number of rotatable bonds is 4. The second kappa shape index (κ2) is 6.83. The Bertz CT molecular complexity index is 501. The molecule has 1 aliphatic rings. The van der Waals surface area contributed by atoms with Gasteiger partial charge >= 0.3 is 0 Å². The number of benzene rings is 1. The van der Waals surface area contributed by atoms with Crippen molar-refractivity contribution in [2.45, 2.75) is 38.6 Å². The van der Waals surface area contributed by atoms with Gasteiger partial charge in [-0.2, -0.15) is 0 Å². The quantitative estimate of drug-likeness (QED) is 0.854. The minimum atomic E-state index is 0.00417. The van der Waals surface area contributed by atoms with Gasteiger partial charge in [-0.1, -0.05) is 25.8 Å². The summed E-state index contributed by atoms with van der Waals surface area (Å²) in [6, 6.07) is 5.74. The summed E-state index contributed by atoms with van der Waals surface area (Å²) in [6.45, 7) is 2.23. The predicted molar refractivity (Wildman–Crippen MR) is 83.1 cm³/mol. The van der Waals surface area contributed by atoms with Crippen molar-refractivity contribution in [2.75, 3.05) is 21.3 Å². The third kappa shape index (κ3) is 3.14. The molecule has 2 unspecified atom stereocenters. The summed E-state index contributed by atoms with van der Waals surface area (Å²) in [5.74, 6) is 1.66. The van der Waals surface area contributed by atoms with Gasteiger partial charge in [0.1, 0.15) is 0 Å². The minimum absolute atomic E-state index is 0.00417. The molecule has 1 aromatic carbocycles. The number of carbonyl (C=O) groups is 1. The Balaban J connectivity index is 2.26. The highest BCUT2D eigenvalue weighted by Crippen LogP contribution is 2.33. The van der Waals surface area contributed by atoms with E-state index in [0.29, 0.717) is 29.0 Å². The molecule has 2 rings (SSSR count). The average Bonchev–Trinajstić information content (AvgIpc) is 2.53. The van der Waals surface area contributed by atoms with E-state index in [9.17, 15) is 4.79 Å². The maximum Gasteiger partial charge on any atom is 0.257 e. The monoisotopic (exact) mass is 291 g/mol. The van der Waals surface area contributed by atoms with Crippen LogP contribution in [-0.4, -0.2) is 38.1 Å². The summed E-state index contributed by atoms with van der Waals surface area (Å²) in [6.07, 6.45) is 4.73. The van der Waals surface area contributed by atoms with Gasteiger partial charge in [0.05, 0.1) is 19.8 Å². The van der Waals surface area contributed by atoms with E-state index in [2.05, 4.69) is 6.92 Å². The van der Waals surface area contributed by atoms with Crippen LogP contribution in [0.5, 0.6) is 11.5 Å². The smallest absolute Gasteiger partial charge is 0.257 e. The lowest BCUT2D eigenvalue weighted by atomic mass is 9.85. The molecule has 1 aliphatic carbocycles. The molecule has 0 N–H and O–H groups in total. The van der Waals surface area contributed by atoms with Crippen molar-refractivity contribution in [3.05, 3.63) is 23.8 Å². The molecule has 1 fully saturated rings. The lowest BCUT2D eigenvalue weighted by Gasteiger charge is -2.36. The molecule has 116 valence electrons. The van der Waals surface area contributed by atoms with Gasteiger partial charge < -0.3 is 14.4 Å². The van der Waals surface area contributed by atoms with Crippen LogP contribution in [0.2, 0.25) is 0 Å². The van der Waals surface area contributed by atoms with E-state index in [1.165, 1.54) is 19.3 Å². The van der Waals surface area contributed by atoms with Gasteiger partial charge in [0.2, 0.25) is 0 Å². The molecule has 1 amide bonds. The van der Waals surface area contributed by atoms with Gasteiger partial charge in [-0.25, -0.2) is 0 Å². The molecular weight excluding hydrogens is 266 g/mol. The first kappa shape index (κ1) is 15.7. The third-order valence-electron chi connectivity index (χ3n) is 4.52. The fourth-order valence-corrected chi connectivity index (χ4v) is 3.27. The first-order valence-corrected chi connectivity index (χ1v) is 7.58. The summed E-state index contributed by atoms with van der Waals surface area (Å²) in [5, 5.41) is 0. The lowest BCUT2D eigenvalue weighted by Crippen LogP contribution is -2.42. The molecule has 21 heavy (non-hydrogen) atoms. The number of para-hydroxylation sites is 1. The molecule has 0 aliphatic heterocycles. The summed E-state index contributed by atoms with van der Waals surface area (Å²) >= 11 is 0. The van der Waals surface area contributed by atoms with Crippen molar-refractivity contribution in [3.8, 4) is 11.5 Å². The van der Waals surface area contributed by atoms with Crippen LogP contribution < -0.4 is 9.47 Å². The molecule has 1 aromatic rings. The normalized spacial score (nSPS) is 21.7. The predicted octanol–water partition coefficient (Wildman–Crippen LogP) is 3.35. The second-order valence-corrected chi connectivity index (χ2v) is 5.79. The molecule has 0 saturated heterocycles. The van der Waals surface area contributed by atoms with E-state index in [1.807, 2.05) is 18.0 Å². The van der Waals surface area contributed by atoms with Crippen molar-refractivity contribution in [1.29, 1.82) is 0 Å². The summed E-state index contributed by atoms with van der Waals surface area (Å²) in [7, 11) is 5.05. The van der Waals surface area contributed by atoms with Crippen LogP contribution in [0.1, 0.15) is 43.0 Å². The first-order valence-electron chi connectivity index (χ1n) is 7.58. The van der Waals surface area contributed by atoms with E-state index in [4.69, 9.17) is 9.47 Å². The van der Waals surface area contributed by atoms with Crippen molar-refractivity contribution in [2.24, 2.45) is 5.92 Å². The second-order valence-electron chi connectivity index (χ2n) is 5.79. The van der Waals surface area contributed by atoms with E-state index in [-0.39, 0.29) is 5.91 Å². The molecule has 0 heterocycles. The molecule has 4 nitrogen and oxygen atoms in total. The molecule has 0 spiro atoms. The maximum absolute atomic E-state index is 12.8. The van der Waals surface area contributed by atoms with E-state index >= 15 is 0 Å². The molecule has 2 atom stereocenters. The average molecular weight is 291 g/mol. The Morgan fingerprint density at radius 2 is 1.90 bits per heavy atom. The topological polar surface area (TPSA) is 38.8 Å². The number of methoxy groups -OCH3 is 2. The van der Waals surface area contributed by atoms with Gasteiger partial charge in [-0.05, 0) is 30.9 Å². The van der Waals surface area contributed by atoms with Crippen LogP contribution in [0.4, 0.5) is 0 Å². The zero-order valence-electron chi connectivity index (χ0n) is 13.4. The first-order chi connectivity index (χ1) is 10.1. The Labute approximate surface area is 127 Å². The molecule has 1 saturated carbocycles. The molecule has 4 heteroatoms. The molecule has 0 radical (unpaired) electrons. The molecule has 0 aromatic heterocycles. The Morgan fingerprint density at radius 3 is 2.52 bits per heavy atom. The van der Waals surface area contributed by atoms with Gasteiger partial charge in [0.15, 0.2) is 11.5 Å². The molecular formula is C17H25NO3. The number of carbonyl (C=O) groups excluding carboxylic acids is 1. The van der Waals surface area contributed by atoms with Gasteiger partial charge in [0, 0.05) is 13.1 Å². The van der Waals surface area contributed by atoms with E-state index in [0.717, 1.165) is 6.42 Å². The van der Waals surface area contributed by atoms with Crippen LogP contribution in [-0.2, 0) is 0 Å². The van der Waals surface area contributed by atoms with Gasteiger partial charge in [0.25, 0.3) is 5.91 Å². The van der Waals surface area contributed by atoms with Crippen LogP contribution in [0.25, 0.3) is 0 Å². The number of ether oxygens (including phenoxy) is 2. The number of hydrogen-bond donors (Lipinski definition) is 0. The molecule has 0 bridgehead atoms. The summed E-state index contributed by atoms with van der Waals surface area (Å²) < 4.78 is 10.7. The van der Waals surface area contributed by atoms with Crippen molar-refractivity contribution in [3.63, 3.8) is 0 Å². The minimum Gasteiger partial charge on any atom is -0.493 e. The van der Waals surface area contributed by atoms with Crippen LogP contribution in [0, 0.1) is 5.92 Å². The highest BCUT2D eigenvalue weighted by atomic mass is 16.5. The van der Waals surface area contributed by atoms with Gasteiger partial charge in [-0.3, -0.25) is 4.79 Å². The van der Waals surface area contributed by atoms with Crippen LogP contribution in [0.3, 0.4) is 0 Å². The third-order valence-corrected chi connectivity index (χ3v) is 4.52. The lowest BCUT2D eigenvalue weighted by molar-refractivity contribution is 0.0625. The zero-order chi connectivity index (χ0) is 15.4. The Morgan fingerprint density at radius 1 is 1.19 bits per heavy atom. The number of amides is 1. The van der Waals surface area contributed by atoms with E-state index in [1.54, 1.807) is 26.4 Å². The van der Waals surface area contributed by atoms with E-state index < -0.39 is 0 Å². The Kier molecular flexibility index (Phi) is 5.10. The van der Waals surface area contributed by atoms with Crippen molar-refractivity contribution in [1.82, 2.24) is 4.90 Å². The summed E-state index contributed by atoms with van der Waals surface area (Å²) in [5.41, 5.74) is 0.567. The summed E-state index contributed by atoms with van der Waals surface area (Å²) in [4.78, 5) is 14.7. The fourth-order valence-electron chi connectivity index (χ4n) is 3.27. The standard InChI is InChI=1S/C17H25NO3/c1-12-8-5-6-10-14(12)18(2)17(19)13-9-7-11-15(20-3)16(13)21-4/h7,9,11-12,14H,5-6,8,10H2,1-4H3. The largest absolute Gasteiger partial charge is 0.493 e. The number of nitrogens with zero attached hydrogens (tertiary/aromatic N) is 1. The SMILES string of the molecule is COc1cccc(C(=O)N(C)C2CCCCC2C)c1OC. The van der Waals surface area contributed by atoms with Crippen molar-refractivity contribution >= 4 is 5.91 Å². The highest BCUT2D eigenvalue weighted by molar-refractivity contribution is 5.97. The van der Waals surface area contributed by atoms with Crippen LogP contribution in [0.15, 0.2) is 18.2 Å². The van der Waals surface area contributed by atoms with Crippen LogP contribution >= 0.6 is 0 Å².